The minimum atomic E-state index is -0.284. The third kappa shape index (κ3) is 5.52. The van der Waals surface area contributed by atoms with Crippen molar-refractivity contribution in [3.05, 3.63) is 82.9 Å². The third-order valence-corrected chi connectivity index (χ3v) is 5.12. The summed E-state index contributed by atoms with van der Waals surface area (Å²) in [5.41, 5.74) is 3.61. The first-order chi connectivity index (χ1) is 15.4. The number of ether oxygens (including phenoxy) is 4. The summed E-state index contributed by atoms with van der Waals surface area (Å²) in [5.74, 6) is 2.02. The van der Waals surface area contributed by atoms with Gasteiger partial charge in [0.1, 0.15) is 12.4 Å². The number of carbonyl (C=O) groups is 1. The lowest BCUT2D eigenvalue weighted by atomic mass is 10.1. The molecule has 0 saturated carbocycles. The second-order valence-electron chi connectivity index (χ2n) is 7.46. The molecular formula is C26H29NO5. The van der Waals surface area contributed by atoms with Crippen LogP contribution >= 0.6 is 0 Å². The van der Waals surface area contributed by atoms with Gasteiger partial charge in [0.05, 0.1) is 27.4 Å². The minimum absolute atomic E-state index is 0.202. The van der Waals surface area contributed by atoms with Gasteiger partial charge in [-0.05, 0) is 55.3 Å². The number of aryl methyl sites for hydroxylation is 1. The zero-order valence-corrected chi connectivity index (χ0v) is 19.1. The van der Waals surface area contributed by atoms with Crippen molar-refractivity contribution in [2.24, 2.45) is 0 Å². The molecule has 32 heavy (non-hydrogen) atoms. The summed E-state index contributed by atoms with van der Waals surface area (Å²) in [4.78, 5) is 12.9. The highest BCUT2D eigenvalue weighted by atomic mass is 16.5. The number of nitrogens with one attached hydrogen (secondary N) is 1. The number of methoxy groups -OCH3 is 3. The molecule has 1 amide bonds. The van der Waals surface area contributed by atoms with E-state index in [9.17, 15) is 4.79 Å². The Morgan fingerprint density at radius 3 is 2.22 bits per heavy atom. The van der Waals surface area contributed by atoms with E-state index in [1.165, 1.54) is 5.56 Å². The number of hydrogen-bond donors (Lipinski definition) is 1. The summed E-state index contributed by atoms with van der Waals surface area (Å²) in [5, 5.41) is 3.01. The molecule has 0 aliphatic carbocycles. The van der Waals surface area contributed by atoms with Crippen molar-refractivity contribution >= 4 is 5.91 Å². The topological polar surface area (TPSA) is 66.0 Å². The van der Waals surface area contributed by atoms with Crippen molar-refractivity contribution in [1.82, 2.24) is 5.32 Å². The summed E-state index contributed by atoms with van der Waals surface area (Å²) in [6, 6.07) is 18.7. The Kier molecular flexibility index (Phi) is 7.60. The van der Waals surface area contributed by atoms with E-state index in [1.54, 1.807) is 33.5 Å². The summed E-state index contributed by atoms with van der Waals surface area (Å²) in [7, 11) is 4.68. The zero-order valence-electron chi connectivity index (χ0n) is 19.1. The first-order valence-electron chi connectivity index (χ1n) is 10.3. The van der Waals surface area contributed by atoms with Gasteiger partial charge in [-0.3, -0.25) is 4.79 Å². The molecule has 0 aliphatic rings. The molecule has 0 saturated heterocycles. The Hall–Kier alpha value is -3.67. The van der Waals surface area contributed by atoms with Gasteiger partial charge >= 0.3 is 0 Å². The summed E-state index contributed by atoms with van der Waals surface area (Å²) in [6.45, 7) is 4.38. The predicted molar refractivity (Wildman–Crippen MR) is 124 cm³/mol. The van der Waals surface area contributed by atoms with Crippen LogP contribution in [0.3, 0.4) is 0 Å². The van der Waals surface area contributed by atoms with E-state index in [1.807, 2.05) is 56.3 Å². The number of amides is 1. The second-order valence-corrected chi connectivity index (χ2v) is 7.46. The van der Waals surface area contributed by atoms with Gasteiger partial charge < -0.3 is 24.3 Å². The maximum atomic E-state index is 12.9. The SMILES string of the molecule is COc1cc(C(C)NC(=O)c2cccc(OCc3cccc(C)c3)c2)cc(OC)c1OC. The first kappa shape index (κ1) is 23.0. The van der Waals surface area contributed by atoms with Crippen LogP contribution in [0.2, 0.25) is 0 Å². The van der Waals surface area contributed by atoms with Gasteiger partial charge in [-0.1, -0.05) is 35.9 Å². The molecular weight excluding hydrogens is 406 g/mol. The fourth-order valence-electron chi connectivity index (χ4n) is 3.41. The van der Waals surface area contributed by atoms with Crippen LogP contribution < -0.4 is 24.3 Å². The molecule has 3 aromatic carbocycles. The molecule has 0 aliphatic heterocycles. The number of rotatable bonds is 9. The van der Waals surface area contributed by atoms with Crippen molar-refractivity contribution in [2.75, 3.05) is 21.3 Å². The summed E-state index contributed by atoms with van der Waals surface area (Å²) < 4.78 is 22.1. The van der Waals surface area contributed by atoms with Crippen molar-refractivity contribution < 1.29 is 23.7 Å². The van der Waals surface area contributed by atoms with E-state index in [-0.39, 0.29) is 11.9 Å². The molecule has 6 nitrogen and oxygen atoms in total. The van der Waals surface area contributed by atoms with Crippen LogP contribution in [0.15, 0.2) is 60.7 Å². The van der Waals surface area contributed by atoms with Crippen molar-refractivity contribution in [2.45, 2.75) is 26.5 Å². The van der Waals surface area contributed by atoms with Gasteiger partial charge in [-0.2, -0.15) is 0 Å². The van der Waals surface area contributed by atoms with E-state index in [0.717, 1.165) is 11.1 Å². The Morgan fingerprint density at radius 1 is 0.906 bits per heavy atom. The molecule has 6 heteroatoms. The normalized spacial score (nSPS) is 11.4. The lowest BCUT2D eigenvalue weighted by Crippen LogP contribution is -2.26. The molecule has 3 aromatic rings. The fourth-order valence-corrected chi connectivity index (χ4v) is 3.41. The quantitative estimate of drug-likeness (QED) is 0.507. The molecule has 1 N–H and O–H groups in total. The summed E-state index contributed by atoms with van der Waals surface area (Å²) >= 11 is 0. The number of benzene rings is 3. The van der Waals surface area contributed by atoms with Crippen LogP contribution in [0.5, 0.6) is 23.0 Å². The average Bonchev–Trinajstić information content (AvgIpc) is 2.81. The summed E-state index contributed by atoms with van der Waals surface area (Å²) in [6.07, 6.45) is 0. The molecule has 0 spiro atoms. The third-order valence-electron chi connectivity index (χ3n) is 5.12. The molecule has 168 valence electrons. The van der Waals surface area contributed by atoms with Crippen LogP contribution in [-0.4, -0.2) is 27.2 Å². The molecule has 1 unspecified atom stereocenters. The molecule has 0 fully saturated rings. The molecule has 0 radical (unpaired) electrons. The zero-order chi connectivity index (χ0) is 23.1. The standard InChI is InChI=1S/C26H29NO5/c1-17-8-6-9-19(12-17)16-32-22-11-7-10-20(13-22)26(28)27-18(2)21-14-23(29-3)25(31-5)24(15-21)30-4/h6-15,18H,16H2,1-5H3,(H,27,28). The monoisotopic (exact) mass is 435 g/mol. The van der Waals surface area contributed by atoms with Gasteiger partial charge in [0.2, 0.25) is 5.75 Å². The largest absolute Gasteiger partial charge is 0.493 e. The van der Waals surface area contributed by atoms with Gasteiger partial charge in [0, 0.05) is 5.56 Å². The number of carbonyl (C=O) groups excluding carboxylic acids is 1. The molecule has 0 heterocycles. The highest BCUT2D eigenvalue weighted by molar-refractivity contribution is 5.94. The lowest BCUT2D eigenvalue weighted by Gasteiger charge is -2.19. The van der Waals surface area contributed by atoms with Gasteiger partial charge in [-0.15, -0.1) is 0 Å². The Bertz CT molecular complexity index is 1050. The average molecular weight is 436 g/mol. The van der Waals surface area contributed by atoms with Crippen LogP contribution in [0.4, 0.5) is 0 Å². The van der Waals surface area contributed by atoms with E-state index in [2.05, 4.69) is 11.4 Å². The Labute approximate surface area is 189 Å². The van der Waals surface area contributed by atoms with Crippen LogP contribution in [0, 0.1) is 6.92 Å². The Balaban J connectivity index is 1.71. The van der Waals surface area contributed by atoms with E-state index >= 15 is 0 Å². The Morgan fingerprint density at radius 2 is 1.59 bits per heavy atom. The van der Waals surface area contributed by atoms with E-state index in [4.69, 9.17) is 18.9 Å². The van der Waals surface area contributed by atoms with Crippen LogP contribution in [-0.2, 0) is 6.61 Å². The van der Waals surface area contributed by atoms with Crippen LogP contribution in [0.25, 0.3) is 0 Å². The van der Waals surface area contributed by atoms with Crippen LogP contribution in [0.1, 0.15) is 40.0 Å². The lowest BCUT2D eigenvalue weighted by molar-refractivity contribution is 0.0939. The molecule has 3 rings (SSSR count). The smallest absolute Gasteiger partial charge is 0.251 e. The van der Waals surface area contributed by atoms with Gasteiger partial charge in [0.15, 0.2) is 11.5 Å². The van der Waals surface area contributed by atoms with Crippen molar-refractivity contribution in [3.63, 3.8) is 0 Å². The molecule has 1 atom stereocenters. The highest BCUT2D eigenvalue weighted by Crippen LogP contribution is 2.39. The maximum Gasteiger partial charge on any atom is 0.251 e. The fraction of sp³-hybridized carbons (Fsp3) is 0.269. The molecule has 0 aromatic heterocycles. The van der Waals surface area contributed by atoms with Crippen molar-refractivity contribution in [1.29, 1.82) is 0 Å². The second kappa shape index (κ2) is 10.6. The van der Waals surface area contributed by atoms with Gasteiger partial charge in [0.25, 0.3) is 5.91 Å². The highest BCUT2D eigenvalue weighted by Gasteiger charge is 2.18. The van der Waals surface area contributed by atoms with Gasteiger partial charge in [-0.25, -0.2) is 0 Å². The minimum Gasteiger partial charge on any atom is -0.493 e. The van der Waals surface area contributed by atoms with Crippen molar-refractivity contribution in [3.8, 4) is 23.0 Å². The predicted octanol–water partition coefficient (Wildman–Crippen LogP) is 5.09. The molecule has 0 bridgehead atoms. The number of hydrogen-bond acceptors (Lipinski definition) is 5. The first-order valence-corrected chi connectivity index (χ1v) is 10.3. The van der Waals surface area contributed by atoms with E-state index in [0.29, 0.717) is 35.2 Å². The van der Waals surface area contributed by atoms with E-state index < -0.39 is 0 Å². The maximum absolute atomic E-state index is 12.9.